The van der Waals surface area contributed by atoms with Crippen LogP contribution in [0.2, 0.25) is 0 Å². The van der Waals surface area contributed by atoms with Crippen molar-refractivity contribution in [1.29, 1.82) is 0 Å². The number of hydrogen-bond donors (Lipinski definition) is 1. The highest BCUT2D eigenvalue weighted by molar-refractivity contribution is 5.59. The predicted octanol–water partition coefficient (Wildman–Crippen LogP) is 2.67. The van der Waals surface area contributed by atoms with Gasteiger partial charge in [0.1, 0.15) is 5.75 Å². The Morgan fingerprint density at radius 2 is 2.12 bits per heavy atom. The molecule has 1 N–H and O–H groups in total. The molecule has 0 heterocycles. The van der Waals surface area contributed by atoms with E-state index >= 15 is 0 Å². The molecule has 0 bridgehead atoms. The zero-order valence-corrected chi connectivity index (χ0v) is 10.5. The lowest BCUT2D eigenvalue weighted by Crippen LogP contribution is -2.44. The number of fused-ring (bicyclic) bond motifs is 4. The van der Waals surface area contributed by atoms with E-state index in [1.165, 1.54) is 11.1 Å². The molecule has 0 aliphatic heterocycles. The quantitative estimate of drug-likeness (QED) is 0.846. The van der Waals surface area contributed by atoms with Gasteiger partial charge < -0.3 is 9.84 Å². The van der Waals surface area contributed by atoms with E-state index in [1.807, 2.05) is 13.8 Å². The van der Waals surface area contributed by atoms with Gasteiger partial charge in [-0.1, -0.05) is 6.07 Å². The lowest BCUT2D eigenvalue weighted by atomic mass is 9.62. The van der Waals surface area contributed by atoms with E-state index in [2.05, 4.69) is 18.2 Å². The molecule has 3 aliphatic rings. The summed E-state index contributed by atoms with van der Waals surface area (Å²) in [5.74, 6) is 2.94. The number of benzene rings is 1. The molecule has 2 fully saturated rings. The third-order valence-electron chi connectivity index (χ3n) is 5.56. The highest BCUT2D eigenvalue weighted by atomic mass is 16.5. The zero-order valence-electron chi connectivity index (χ0n) is 10.5. The Morgan fingerprint density at radius 1 is 1.35 bits per heavy atom. The zero-order chi connectivity index (χ0) is 12.0. The Hall–Kier alpha value is -1.02. The average Bonchev–Trinajstić information content (AvgIpc) is 2.68. The summed E-state index contributed by atoms with van der Waals surface area (Å²) in [6.07, 6.45) is 1.16. The third kappa shape index (κ3) is 0.866. The fourth-order valence-corrected chi connectivity index (χ4v) is 4.75. The molecular weight excluding hydrogens is 212 g/mol. The molecule has 17 heavy (non-hydrogen) atoms. The predicted molar refractivity (Wildman–Crippen MR) is 65.3 cm³/mol. The molecule has 4 unspecified atom stereocenters. The largest absolute Gasteiger partial charge is 0.497 e. The SMILES string of the molecule is COc1ccc2c(c1)C1CC3(C(C)(C)O)C2C13. The summed E-state index contributed by atoms with van der Waals surface area (Å²) >= 11 is 0. The van der Waals surface area contributed by atoms with Crippen molar-refractivity contribution in [3.8, 4) is 5.75 Å². The molecule has 4 rings (SSSR count). The van der Waals surface area contributed by atoms with Gasteiger partial charge in [-0.2, -0.15) is 0 Å². The first-order chi connectivity index (χ1) is 8.00. The van der Waals surface area contributed by atoms with Crippen LogP contribution in [-0.4, -0.2) is 17.8 Å². The number of hydrogen-bond acceptors (Lipinski definition) is 2. The Bertz CT molecular complexity index is 514. The van der Waals surface area contributed by atoms with Gasteiger partial charge in [0.15, 0.2) is 0 Å². The van der Waals surface area contributed by atoms with Crippen LogP contribution in [0.3, 0.4) is 0 Å². The van der Waals surface area contributed by atoms with E-state index < -0.39 is 5.60 Å². The molecule has 1 aromatic carbocycles. The van der Waals surface area contributed by atoms with Crippen LogP contribution in [0.1, 0.15) is 43.2 Å². The standard InChI is InChI=1S/C15H18O2/c1-14(2,16)15-7-11-10-6-8(17-3)4-5-9(10)12(15)13(11)15/h4-6,11-13,16H,7H2,1-3H3. The highest BCUT2D eigenvalue weighted by Crippen LogP contribution is 2.89. The van der Waals surface area contributed by atoms with Gasteiger partial charge in [-0.05, 0) is 61.3 Å². The number of aliphatic hydroxyl groups is 1. The van der Waals surface area contributed by atoms with Gasteiger partial charge >= 0.3 is 0 Å². The van der Waals surface area contributed by atoms with E-state index in [0.717, 1.165) is 12.2 Å². The number of methoxy groups -OCH3 is 1. The monoisotopic (exact) mass is 230 g/mol. The first-order valence-corrected chi connectivity index (χ1v) is 6.41. The minimum Gasteiger partial charge on any atom is -0.497 e. The second-order valence-corrected chi connectivity index (χ2v) is 6.41. The molecule has 3 aliphatic carbocycles. The second-order valence-electron chi connectivity index (χ2n) is 6.41. The van der Waals surface area contributed by atoms with Crippen LogP contribution in [0, 0.1) is 11.3 Å². The fraction of sp³-hybridized carbons (Fsp3) is 0.600. The first kappa shape index (κ1) is 9.95. The van der Waals surface area contributed by atoms with Gasteiger partial charge in [-0.3, -0.25) is 0 Å². The van der Waals surface area contributed by atoms with Gasteiger partial charge in [-0.15, -0.1) is 0 Å². The van der Waals surface area contributed by atoms with Crippen LogP contribution >= 0.6 is 0 Å². The van der Waals surface area contributed by atoms with Gasteiger partial charge in [0.25, 0.3) is 0 Å². The van der Waals surface area contributed by atoms with Crippen LogP contribution in [0.4, 0.5) is 0 Å². The minimum atomic E-state index is -0.531. The molecule has 0 aromatic heterocycles. The lowest BCUT2D eigenvalue weighted by molar-refractivity contribution is -0.0483. The topological polar surface area (TPSA) is 29.5 Å². The number of rotatable bonds is 2. The summed E-state index contributed by atoms with van der Waals surface area (Å²) in [6, 6.07) is 6.45. The molecule has 0 radical (unpaired) electrons. The fourth-order valence-electron chi connectivity index (χ4n) is 4.75. The van der Waals surface area contributed by atoms with Crippen molar-refractivity contribution in [3.05, 3.63) is 29.3 Å². The molecule has 2 heteroatoms. The molecule has 90 valence electrons. The Morgan fingerprint density at radius 3 is 2.76 bits per heavy atom. The number of ether oxygens (including phenoxy) is 1. The summed E-state index contributed by atoms with van der Waals surface area (Å²) < 4.78 is 5.30. The normalized spacial score (nSPS) is 40.4. The van der Waals surface area contributed by atoms with Crippen molar-refractivity contribution >= 4 is 0 Å². The van der Waals surface area contributed by atoms with E-state index in [-0.39, 0.29) is 5.41 Å². The van der Waals surface area contributed by atoms with Crippen LogP contribution < -0.4 is 4.74 Å². The highest BCUT2D eigenvalue weighted by Gasteiger charge is 2.83. The smallest absolute Gasteiger partial charge is 0.119 e. The van der Waals surface area contributed by atoms with Crippen molar-refractivity contribution in [2.45, 2.75) is 37.7 Å². The lowest BCUT2D eigenvalue weighted by Gasteiger charge is -2.45. The van der Waals surface area contributed by atoms with Crippen LogP contribution in [-0.2, 0) is 0 Å². The molecule has 0 saturated heterocycles. The van der Waals surface area contributed by atoms with Gasteiger partial charge in [0.05, 0.1) is 12.7 Å². The molecule has 2 saturated carbocycles. The van der Waals surface area contributed by atoms with Crippen LogP contribution in [0.15, 0.2) is 18.2 Å². The van der Waals surface area contributed by atoms with Crippen molar-refractivity contribution < 1.29 is 9.84 Å². The maximum absolute atomic E-state index is 10.4. The molecule has 0 amide bonds. The maximum Gasteiger partial charge on any atom is 0.119 e. The van der Waals surface area contributed by atoms with Gasteiger partial charge in [0.2, 0.25) is 0 Å². The van der Waals surface area contributed by atoms with E-state index in [1.54, 1.807) is 7.11 Å². The Labute approximate surface area is 102 Å². The molecular formula is C15H18O2. The summed E-state index contributed by atoms with van der Waals surface area (Å²) in [5, 5.41) is 10.4. The average molecular weight is 230 g/mol. The van der Waals surface area contributed by atoms with E-state index in [4.69, 9.17) is 4.74 Å². The summed E-state index contributed by atoms with van der Waals surface area (Å²) in [7, 11) is 1.72. The van der Waals surface area contributed by atoms with Crippen molar-refractivity contribution in [3.63, 3.8) is 0 Å². The van der Waals surface area contributed by atoms with Gasteiger partial charge in [-0.25, -0.2) is 0 Å². The third-order valence-corrected chi connectivity index (χ3v) is 5.56. The van der Waals surface area contributed by atoms with E-state index in [0.29, 0.717) is 17.8 Å². The summed E-state index contributed by atoms with van der Waals surface area (Å²) in [5.41, 5.74) is 2.61. The van der Waals surface area contributed by atoms with E-state index in [9.17, 15) is 5.11 Å². The first-order valence-electron chi connectivity index (χ1n) is 6.41. The molecule has 0 spiro atoms. The Balaban J connectivity index is 1.79. The second kappa shape index (κ2) is 2.54. The molecule has 2 nitrogen and oxygen atoms in total. The van der Waals surface area contributed by atoms with Crippen molar-refractivity contribution in [2.75, 3.05) is 7.11 Å². The maximum atomic E-state index is 10.4. The van der Waals surface area contributed by atoms with Gasteiger partial charge in [0, 0.05) is 5.41 Å². The van der Waals surface area contributed by atoms with Crippen LogP contribution in [0.5, 0.6) is 5.75 Å². The Kier molecular flexibility index (Phi) is 1.48. The van der Waals surface area contributed by atoms with Crippen molar-refractivity contribution in [2.24, 2.45) is 11.3 Å². The van der Waals surface area contributed by atoms with Crippen LogP contribution in [0.25, 0.3) is 0 Å². The molecule has 1 aromatic rings. The molecule has 4 atom stereocenters. The van der Waals surface area contributed by atoms with Crippen molar-refractivity contribution in [1.82, 2.24) is 0 Å². The summed E-state index contributed by atoms with van der Waals surface area (Å²) in [4.78, 5) is 0. The summed E-state index contributed by atoms with van der Waals surface area (Å²) in [6.45, 7) is 3.95. The minimum absolute atomic E-state index is 0.194.